The molecule has 0 saturated carbocycles. The third-order valence-electron chi connectivity index (χ3n) is 0. The summed E-state index contributed by atoms with van der Waals surface area (Å²) in [6.07, 6.45) is 0. The van der Waals surface area contributed by atoms with Crippen LogP contribution in [0.15, 0.2) is 0 Å². The van der Waals surface area contributed by atoms with Gasteiger partial charge in [-0.2, -0.15) is 0 Å². The third kappa shape index (κ3) is 8.96. The normalized spacial score (nSPS) is 0. The van der Waals surface area contributed by atoms with E-state index in [1.54, 1.807) is 0 Å². The van der Waals surface area contributed by atoms with E-state index in [1.807, 2.05) is 0 Å². The van der Waals surface area contributed by atoms with Gasteiger partial charge in [-0.25, -0.2) is 0 Å². The minimum absolute atomic E-state index is 0. The Balaban J connectivity index is 0. The molecule has 0 saturated heterocycles. The molecule has 0 bridgehead atoms. The number of hydrogen-bond donors (Lipinski definition) is 0. The predicted molar refractivity (Wildman–Crippen MR) is 13.8 cm³/mol. The predicted octanol–water partition coefficient (Wildman–Crippen LogP) is 1.72. The van der Waals surface area contributed by atoms with Crippen molar-refractivity contribution in [3.8, 4) is 0 Å². The van der Waals surface area contributed by atoms with Gasteiger partial charge in [-0.1, -0.05) is 0 Å². The van der Waals surface area contributed by atoms with E-state index in [9.17, 15) is 0 Å². The zero-order chi connectivity index (χ0) is 0. The van der Waals surface area contributed by atoms with Crippen LogP contribution in [0, 0.1) is 0 Å². The Hall–Kier alpha value is 2.05. The second kappa shape index (κ2) is 19.7. The maximum absolute atomic E-state index is 0. The van der Waals surface area contributed by atoms with Gasteiger partial charge in [0.2, 0.25) is 0 Å². The van der Waals surface area contributed by atoms with E-state index >= 15 is 0 Å². The van der Waals surface area contributed by atoms with Crippen LogP contribution in [0.3, 0.4) is 0 Å². The number of rotatable bonds is 0. The van der Waals surface area contributed by atoms with Gasteiger partial charge in [0.1, 0.15) is 0 Å². The van der Waals surface area contributed by atoms with Gasteiger partial charge in [0, 0.05) is 16.8 Å². The number of hydrogen-bond acceptors (Lipinski definition) is 0. The summed E-state index contributed by atoms with van der Waals surface area (Å²) in [5.41, 5.74) is 0. The molecule has 0 unspecified atom stereocenters. The van der Waals surface area contributed by atoms with Gasteiger partial charge in [-0.05, 0) is 0 Å². The van der Waals surface area contributed by atoms with Crippen LogP contribution in [-0.2, 0) is 37.8 Å². The summed E-state index contributed by atoms with van der Waals surface area (Å²) in [6, 6.07) is 0. The van der Waals surface area contributed by atoms with Crippen molar-refractivity contribution in [2.75, 3.05) is 0 Å². The summed E-state index contributed by atoms with van der Waals surface area (Å²) in [5, 5.41) is 0. The summed E-state index contributed by atoms with van der Waals surface area (Å²) in [6.45, 7) is 0. The van der Waals surface area contributed by atoms with Crippen molar-refractivity contribution in [1.29, 1.82) is 0 Å². The Kier molecular flexibility index (Phi) is 180. The van der Waals surface area contributed by atoms with E-state index in [0.29, 0.717) is 0 Å². The van der Waals surface area contributed by atoms with Crippen molar-refractivity contribution >= 4 is 19.8 Å². The quantitative estimate of drug-likeness (QED) is 0.598. The molecule has 0 aliphatic rings. The zero-order valence-corrected chi connectivity index (χ0v) is 7.40. The van der Waals surface area contributed by atoms with Crippen LogP contribution in [0.5, 0.6) is 0 Å². The SMILES string of the molecule is [Co].[P-3].[P-3].[W+6]. The fourth-order valence-electron chi connectivity index (χ4n) is 0. The molecule has 0 nitrogen and oxygen atoms in total. The van der Waals surface area contributed by atoms with Crippen LogP contribution in [0.2, 0.25) is 0 Å². The van der Waals surface area contributed by atoms with Crippen molar-refractivity contribution in [2.24, 2.45) is 0 Å². The van der Waals surface area contributed by atoms with Crippen LogP contribution in [0.4, 0.5) is 0 Å². The fourth-order valence-corrected chi connectivity index (χ4v) is 0. The molecule has 4 heteroatoms. The molecule has 0 spiro atoms. The fraction of sp³-hybridized carbons (Fsp3) is 0. The first-order chi connectivity index (χ1) is 0. The second-order valence-corrected chi connectivity index (χ2v) is 0. The van der Waals surface area contributed by atoms with E-state index < -0.39 is 0 Å². The Morgan fingerprint density at radius 1 is 0.750 bits per heavy atom. The monoisotopic (exact) mass is 305 g/mol. The second-order valence-electron chi connectivity index (χ2n) is 0. The smallest absolute Gasteiger partial charge is 3.00 e. The van der Waals surface area contributed by atoms with Crippen LogP contribution in [0.25, 0.3) is 0 Å². The summed E-state index contributed by atoms with van der Waals surface area (Å²) in [5.74, 6) is 0. The molecule has 0 atom stereocenters. The molecule has 0 aliphatic carbocycles. The molecule has 0 aromatic carbocycles. The van der Waals surface area contributed by atoms with Crippen molar-refractivity contribution in [2.45, 2.75) is 0 Å². The molecule has 0 aliphatic heterocycles. The first kappa shape index (κ1) is 36.6. The van der Waals surface area contributed by atoms with Gasteiger partial charge in [0.05, 0.1) is 0 Å². The average molecular weight is 305 g/mol. The minimum Gasteiger partial charge on any atom is -3.00 e. The molecule has 0 amide bonds. The Labute approximate surface area is 57.6 Å². The summed E-state index contributed by atoms with van der Waals surface area (Å²) in [4.78, 5) is 0. The van der Waals surface area contributed by atoms with Crippen molar-refractivity contribution in [3.05, 3.63) is 0 Å². The summed E-state index contributed by atoms with van der Waals surface area (Å²) < 4.78 is 0. The largest absolute Gasteiger partial charge is 6.00 e. The Bertz CT molecular complexity index is 6.00. The zero-order valence-electron chi connectivity index (χ0n) is 1.64. The molecule has 0 fully saturated rings. The summed E-state index contributed by atoms with van der Waals surface area (Å²) in [7, 11) is 0. The van der Waals surface area contributed by atoms with Gasteiger partial charge >= 0.3 is 21.1 Å². The van der Waals surface area contributed by atoms with Gasteiger partial charge in [0.25, 0.3) is 0 Å². The average Bonchev–Trinajstić information content (AvgIpc) is 0. The maximum Gasteiger partial charge on any atom is 6.00 e. The van der Waals surface area contributed by atoms with E-state index in [0.717, 1.165) is 0 Å². The molecule has 0 heterocycles. The van der Waals surface area contributed by atoms with Gasteiger partial charge in [-0.3, -0.25) is 0 Å². The minimum atomic E-state index is 0. The standard InChI is InChI=1S/Co.2P.W/q;2*-3;+6. The van der Waals surface area contributed by atoms with Crippen LogP contribution in [-0.4, -0.2) is 0 Å². The van der Waals surface area contributed by atoms with Crippen LogP contribution in [0.1, 0.15) is 0 Å². The van der Waals surface area contributed by atoms with Crippen LogP contribution >= 0.6 is 19.8 Å². The first-order valence-electron chi connectivity index (χ1n) is 0. The third-order valence-corrected chi connectivity index (χ3v) is 0. The Morgan fingerprint density at radius 2 is 0.750 bits per heavy atom. The molecule has 0 aromatic heterocycles. The van der Waals surface area contributed by atoms with Crippen molar-refractivity contribution < 1.29 is 37.8 Å². The van der Waals surface area contributed by atoms with E-state index in [-0.39, 0.29) is 57.6 Å². The summed E-state index contributed by atoms with van der Waals surface area (Å²) >= 11 is 0. The molecule has 25 valence electrons. The van der Waals surface area contributed by atoms with Crippen LogP contribution < -0.4 is 0 Å². The van der Waals surface area contributed by atoms with E-state index in [2.05, 4.69) is 0 Å². The first-order valence-corrected chi connectivity index (χ1v) is 0. The van der Waals surface area contributed by atoms with Gasteiger partial charge in [0.15, 0.2) is 0 Å². The molecule has 1 radical (unpaired) electrons. The van der Waals surface area contributed by atoms with Gasteiger partial charge < -0.3 is 19.8 Å². The van der Waals surface area contributed by atoms with E-state index in [1.165, 1.54) is 0 Å². The molecule has 0 N–H and O–H groups in total. The maximum atomic E-state index is 0. The molecule has 4 heavy (non-hydrogen) atoms. The topological polar surface area (TPSA) is 0 Å². The van der Waals surface area contributed by atoms with Crippen molar-refractivity contribution in [1.82, 2.24) is 0 Å². The molecular weight excluding hydrogens is 305 g/mol. The van der Waals surface area contributed by atoms with E-state index in [4.69, 9.17) is 0 Å². The molecule has 0 aromatic rings. The molecule has 0 rings (SSSR count). The molecular formula is CoP2W. The van der Waals surface area contributed by atoms with Gasteiger partial charge in [-0.15, -0.1) is 0 Å². The Morgan fingerprint density at radius 3 is 0.750 bits per heavy atom. The van der Waals surface area contributed by atoms with Crippen molar-refractivity contribution in [3.63, 3.8) is 0 Å².